The highest BCUT2D eigenvalue weighted by Crippen LogP contribution is 2.39. The average molecular weight is 471 g/mol. The monoisotopic (exact) mass is 470 g/mol. The first-order valence-electron chi connectivity index (χ1n) is 11.2. The summed E-state index contributed by atoms with van der Waals surface area (Å²) in [5.74, 6) is -2.04. The predicted molar refractivity (Wildman–Crippen MR) is 129 cm³/mol. The predicted octanol–water partition coefficient (Wildman–Crippen LogP) is 4.34. The van der Waals surface area contributed by atoms with Crippen molar-refractivity contribution in [2.45, 2.75) is 39.3 Å². The van der Waals surface area contributed by atoms with Crippen molar-refractivity contribution < 1.29 is 19.1 Å². The molecular formula is C26H31ClN2O4. The van der Waals surface area contributed by atoms with E-state index in [2.05, 4.69) is 0 Å². The molecule has 1 saturated heterocycles. The summed E-state index contributed by atoms with van der Waals surface area (Å²) in [6.07, 6.45) is 0.696. The van der Waals surface area contributed by atoms with Crippen LogP contribution in [0.25, 0.3) is 0 Å². The Balaban J connectivity index is 1.97. The fourth-order valence-corrected chi connectivity index (χ4v) is 4.31. The molecule has 7 heteroatoms. The minimum absolute atomic E-state index is 0.00397. The van der Waals surface area contributed by atoms with E-state index < -0.39 is 23.7 Å². The Bertz CT molecular complexity index is 1030. The standard InChI is InChI=1S/C26H31ClN2O4/c1-16(2)33-21-12-9-19(15-17(21)3)24(30)22-23(18-7-10-20(27)11-8-18)29(26(32)25(22)31)14-6-13-28(4)5/h7-12,15-16,22-23H,6,13-14H2,1-5H3. The normalized spacial score (nSPS) is 18.5. The Morgan fingerprint density at radius 1 is 1.12 bits per heavy atom. The van der Waals surface area contributed by atoms with Crippen LogP contribution >= 0.6 is 11.6 Å². The molecular weight excluding hydrogens is 440 g/mol. The molecule has 2 unspecified atom stereocenters. The number of amides is 1. The summed E-state index contributed by atoms with van der Waals surface area (Å²) < 4.78 is 5.77. The smallest absolute Gasteiger partial charge is 0.291 e. The lowest BCUT2D eigenvalue weighted by Crippen LogP contribution is -2.33. The summed E-state index contributed by atoms with van der Waals surface area (Å²) in [6, 6.07) is 11.5. The lowest BCUT2D eigenvalue weighted by Gasteiger charge is -2.28. The zero-order valence-corrected chi connectivity index (χ0v) is 20.6. The Kier molecular flexibility index (Phi) is 7.92. The molecule has 1 aliphatic heterocycles. The highest BCUT2D eigenvalue weighted by atomic mass is 35.5. The third kappa shape index (κ3) is 5.63. The fourth-order valence-electron chi connectivity index (χ4n) is 4.19. The number of carbonyl (C=O) groups excluding carboxylic acids is 3. The second-order valence-electron chi connectivity index (χ2n) is 9.00. The Morgan fingerprint density at radius 3 is 2.36 bits per heavy atom. The van der Waals surface area contributed by atoms with Gasteiger partial charge in [-0.25, -0.2) is 0 Å². The van der Waals surface area contributed by atoms with Crippen LogP contribution in [0, 0.1) is 12.8 Å². The molecule has 0 saturated carbocycles. The van der Waals surface area contributed by atoms with Crippen LogP contribution in [0.4, 0.5) is 0 Å². The second kappa shape index (κ2) is 10.5. The van der Waals surface area contributed by atoms with E-state index in [0.29, 0.717) is 29.3 Å². The molecule has 1 aliphatic rings. The number of ketones is 2. The van der Waals surface area contributed by atoms with Crippen LogP contribution in [-0.4, -0.2) is 60.6 Å². The first kappa shape index (κ1) is 24.9. The average Bonchev–Trinajstić information content (AvgIpc) is 2.99. The van der Waals surface area contributed by atoms with Crippen LogP contribution in [0.15, 0.2) is 42.5 Å². The number of ether oxygens (including phenoxy) is 1. The molecule has 0 radical (unpaired) electrons. The van der Waals surface area contributed by atoms with Crippen molar-refractivity contribution in [2.75, 3.05) is 27.2 Å². The van der Waals surface area contributed by atoms with Gasteiger partial charge in [-0.1, -0.05) is 23.7 Å². The Hall–Kier alpha value is -2.70. The quantitative estimate of drug-likeness (QED) is 0.310. The maximum absolute atomic E-state index is 13.6. The van der Waals surface area contributed by atoms with Gasteiger partial charge in [0.15, 0.2) is 5.78 Å². The van der Waals surface area contributed by atoms with Gasteiger partial charge in [0, 0.05) is 17.1 Å². The number of carbonyl (C=O) groups is 3. The molecule has 1 heterocycles. The van der Waals surface area contributed by atoms with Gasteiger partial charge >= 0.3 is 0 Å². The van der Waals surface area contributed by atoms with Gasteiger partial charge in [0.1, 0.15) is 11.7 Å². The minimum atomic E-state index is -1.10. The minimum Gasteiger partial charge on any atom is -0.491 e. The van der Waals surface area contributed by atoms with Crippen molar-refractivity contribution in [1.29, 1.82) is 0 Å². The third-order valence-corrected chi connectivity index (χ3v) is 5.98. The fraction of sp³-hybridized carbons (Fsp3) is 0.423. The van der Waals surface area contributed by atoms with E-state index in [1.54, 1.807) is 47.4 Å². The second-order valence-corrected chi connectivity index (χ2v) is 9.44. The van der Waals surface area contributed by atoms with Crippen LogP contribution in [0.3, 0.4) is 0 Å². The Morgan fingerprint density at radius 2 is 1.79 bits per heavy atom. The van der Waals surface area contributed by atoms with Gasteiger partial charge < -0.3 is 14.5 Å². The molecule has 2 aromatic rings. The van der Waals surface area contributed by atoms with Crippen LogP contribution < -0.4 is 4.74 Å². The van der Waals surface area contributed by atoms with Crippen molar-refractivity contribution in [3.63, 3.8) is 0 Å². The van der Waals surface area contributed by atoms with Crippen LogP contribution in [-0.2, 0) is 9.59 Å². The number of aryl methyl sites for hydroxylation is 1. The number of Topliss-reactive ketones (excluding diaryl/α,β-unsaturated/α-hetero) is 2. The molecule has 6 nitrogen and oxygen atoms in total. The first-order chi connectivity index (χ1) is 15.6. The molecule has 2 atom stereocenters. The molecule has 1 fully saturated rings. The van der Waals surface area contributed by atoms with Gasteiger partial charge in [-0.2, -0.15) is 0 Å². The van der Waals surface area contributed by atoms with Crippen molar-refractivity contribution in [1.82, 2.24) is 9.80 Å². The van der Waals surface area contributed by atoms with E-state index >= 15 is 0 Å². The van der Waals surface area contributed by atoms with Gasteiger partial charge in [-0.05, 0) is 89.3 Å². The topological polar surface area (TPSA) is 66.9 Å². The van der Waals surface area contributed by atoms with Crippen LogP contribution in [0.1, 0.15) is 47.8 Å². The van der Waals surface area contributed by atoms with Gasteiger partial charge in [0.05, 0.1) is 12.1 Å². The van der Waals surface area contributed by atoms with Gasteiger partial charge in [-0.15, -0.1) is 0 Å². The molecule has 0 N–H and O–H groups in total. The van der Waals surface area contributed by atoms with Gasteiger partial charge in [0.2, 0.25) is 5.78 Å². The molecule has 3 rings (SSSR count). The molecule has 2 aromatic carbocycles. The van der Waals surface area contributed by atoms with E-state index in [1.165, 1.54) is 0 Å². The van der Waals surface area contributed by atoms with Gasteiger partial charge in [0.25, 0.3) is 5.91 Å². The third-order valence-electron chi connectivity index (χ3n) is 5.73. The number of likely N-dealkylation sites (tertiary alicyclic amines) is 1. The number of hydrogen-bond acceptors (Lipinski definition) is 5. The Labute approximate surface area is 200 Å². The number of halogens is 1. The van der Waals surface area contributed by atoms with E-state index in [4.69, 9.17) is 16.3 Å². The largest absolute Gasteiger partial charge is 0.491 e. The maximum Gasteiger partial charge on any atom is 0.291 e. The molecule has 0 spiro atoms. The zero-order chi connectivity index (χ0) is 24.3. The van der Waals surface area contributed by atoms with E-state index in [9.17, 15) is 14.4 Å². The summed E-state index contributed by atoms with van der Waals surface area (Å²) in [5.41, 5.74) is 1.92. The molecule has 176 valence electrons. The van der Waals surface area contributed by atoms with E-state index in [0.717, 1.165) is 17.7 Å². The van der Waals surface area contributed by atoms with E-state index in [1.807, 2.05) is 39.8 Å². The lowest BCUT2D eigenvalue weighted by molar-refractivity contribution is -0.140. The maximum atomic E-state index is 13.6. The molecule has 0 bridgehead atoms. The lowest BCUT2D eigenvalue weighted by atomic mass is 9.86. The highest BCUT2D eigenvalue weighted by Gasteiger charge is 2.51. The van der Waals surface area contributed by atoms with Crippen LogP contribution in [0.2, 0.25) is 5.02 Å². The number of rotatable bonds is 9. The van der Waals surface area contributed by atoms with Crippen molar-refractivity contribution in [3.05, 3.63) is 64.2 Å². The molecule has 0 aromatic heterocycles. The van der Waals surface area contributed by atoms with Gasteiger partial charge in [-0.3, -0.25) is 14.4 Å². The summed E-state index contributed by atoms with van der Waals surface area (Å²) in [7, 11) is 3.91. The molecule has 33 heavy (non-hydrogen) atoms. The number of nitrogens with zero attached hydrogens (tertiary/aromatic N) is 2. The summed E-state index contributed by atoms with van der Waals surface area (Å²) in [5, 5.41) is 0.549. The van der Waals surface area contributed by atoms with Crippen molar-refractivity contribution >= 4 is 29.1 Å². The van der Waals surface area contributed by atoms with Crippen molar-refractivity contribution in [2.24, 2.45) is 5.92 Å². The van der Waals surface area contributed by atoms with Crippen LogP contribution in [0.5, 0.6) is 5.75 Å². The summed E-state index contributed by atoms with van der Waals surface area (Å²) in [4.78, 5) is 43.2. The van der Waals surface area contributed by atoms with Crippen molar-refractivity contribution in [3.8, 4) is 5.75 Å². The SMILES string of the molecule is Cc1cc(C(=O)C2C(=O)C(=O)N(CCCN(C)C)C2c2ccc(Cl)cc2)ccc1OC(C)C. The molecule has 0 aliphatic carbocycles. The summed E-state index contributed by atoms with van der Waals surface area (Å²) in [6.45, 7) is 6.88. The first-order valence-corrected chi connectivity index (χ1v) is 11.5. The van der Waals surface area contributed by atoms with E-state index in [-0.39, 0.29) is 11.9 Å². The summed E-state index contributed by atoms with van der Waals surface area (Å²) >= 11 is 6.06. The highest BCUT2D eigenvalue weighted by molar-refractivity contribution is 6.44. The molecule has 1 amide bonds. The number of benzene rings is 2. The number of hydrogen-bond donors (Lipinski definition) is 0. The zero-order valence-electron chi connectivity index (χ0n) is 19.8.